The maximum Gasteiger partial charge on any atom is 0.323 e. The van der Waals surface area contributed by atoms with Crippen molar-refractivity contribution in [3.8, 4) is 6.01 Å². The molecule has 0 saturated heterocycles. The fraction of sp³-hybridized carbons (Fsp3) is 0.538. The second kappa shape index (κ2) is 6.66. The Bertz CT molecular complexity index is 548. The van der Waals surface area contributed by atoms with Crippen molar-refractivity contribution in [1.29, 1.82) is 0 Å². The van der Waals surface area contributed by atoms with Crippen LogP contribution in [0.4, 0.5) is 11.9 Å². The van der Waals surface area contributed by atoms with Gasteiger partial charge in [0, 0.05) is 18.1 Å². The minimum absolute atomic E-state index is 0.306. The lowest BCUT2D eigenvalue weighted by Gasteiger charge is -2.24. The third-order valence-electron chi connectivity index (χ3n) is 2.61. The van der Waals surface area contributed by atoms with Crippen LogP contribution in [0.25, 0.3) is 0 Å². The Kier molecular flexibility index (Phi) is 4.89. The summed E-state index contributed by atoms with van der Waals surface area (Å²) in [6, 6.07) is 0.306. The summed E-state index contributed by atoms with van der Waals surface area (Å²) in [6.07, 6.45) is 1.78. The summed E-state index contributed by atoms with van der Waals surface area (Å²) in [6.45, 7) is 9.17. The normalized spacial score (nSPS) is 11.2. The zero-order valence-corrected chi connectivity index (χ0v) is 13.5. The molecule has 0 aliphatic heterocycles. The molecule has 0 spiro atoms. The zero-order chi connectivity index (χ0) is 15.3. The van der Waals surface area contributed by atoms with Gasteiger partial charge in [0.1, 0.15) is 5.01 Å². The van der Waals surface area contributed by atoms with E-state index < -0.39 is 0 Å². The highest BCUT2D eigenvalue weighted by Crippen LogP contribution is 2.26. The van der Waals surface area contributed by atoms with Crippen molar-refractivity contribution in [2.24, 2.45) is 0 Å². The Morgan fingerprint density at radius 1 is 1.19 bits per heavy atom. The van der Waals surface area contributed by atoms with Gasteiger partial charge in [-0.3, -0.25) is 0 Å². The number of hydrogen-bond donors (Lipinski definition) is 2. The molecule has 0 aliphatic carbocycles. The quantitative estimate of drug-likeness (QED) is 0.813. The first-order valence-corrected chi connectivity index (χ1v) is 7.74. The van der Waals surface area contributed by atoms with Crippen LogP contribution >= 0.6 is 11.3 Å². The van der Waals surface area contributed by atoms with E-state index in [1.54, 1.807) is 17.5 Å². The molecule has 0 aliphatic rings. The van der Waals surface area contributed by atoms with Crippen LogP contribution in [0.15, 0.2) is 11.6 Å². The highest BCUT2D eigenvalue weighted by Gasteiger charge is 2.24. The molecule has 2 rings (SSSR count). The Morgan fingerprint density at radius 2 is 1.95 bits per heavy atom. The lowest BCUT2D eigenvalue weighted by atomic mass is 10.1. The average molecular weight is 308 g/mol. The first-order valence-electron chi connectivity index (χ1n) is 6.86. The fourth-order valence-electron chi connectivity index (χ4n) is 1.71. The summed E-state index contributed by atoms with van der Waals surface area (Å²) in [5.74, 6) is 0.956. The van der Waals surface area contributed by atoms with Crippen molar-refractivity contribution in [1.82, 2.24) is 19.9 Å². The van der Waals surface area contributed by atoms with Gasteiger partial charge in [0.05, 0.1) is 12.1 Å². The van der Waals surface area contributed by atoms with Gasteiger partial charge in [-0.1, -0.05) is 0 Å². The summed E-state index contributed by atoms with van der Waals surface area (Å²) in [7, 11) is 0. The Morgan fingerprint density at radius 3 is 2.57 bits per heavy atom. The van der Waals surface area contributed by atoms with Crippen LogP contribution in [0, 0.1) is 0 Å². The van der Waals surface area contributed by atoms with Crippen LogP contribution < -0.4 is 15.4 Å². The topological polar surface area (TPSA) is 84.9 Å². The van der Waals surface area contributed by atoms with Gasteiger partial charge in [0.15, 0.2) is 0 Å². The molecule has 0 atom stereocenters. The van der Waals surface area contributed by atoms with Gasteiger partial charge in [-0.05, 0) is 27.7 Å². The minimum Gasteiger partial charge on any atom is -0.464 e. The maximum atomic E-state index is 5.38. The van der Waals surface area contributed by atoms with Crippen molar-refractivity contribution in [2.45, 2.75) is 33.2 Å². The van der Waals surface area contributed by atoms with Crippen molar-refractivity contribution in [3.05, 3.63) is 16.6 Å². The molecule has 0 saturated carbocycles. The fourth-order valence-corrected chi connectivity index (χ4v) is 2.43. The third kappa shape index (κ3) is 4.01. The molecule has 8 heteroatoms. The van der Waals surface area contributed by atoms with E-state index in [4.69, 9.17) is 4.74 Å². The van der Waals surface area contributed by atoms with Crippen molar-refractivity contribution < 1.29 is 4.74 Å². The lowest BCUT2D eigenvalue weighted by Crippen LogP contribution is -2.29. The molecule has 0 amide bonds. The first kappa shape index (κ1) is 15.4. The lowest BCUT2D eigenvalue weighted by molar-refractivity contribution is 0.312. The molecular formula is C13H20N6OS. The van der Waals surface area contributed by atoms with Gasteiger partial charge in [0.2, 0.25) is 11.9 Å². The van der Waals surface area contributed by atoms with Crippen LogP contribution in [0.2, 0.25) is 0 Å². The SMILES string of the molecule is CCNc1nc(NC(C)(C)c2nccs2)nc(OCC)n1. The predicted octanol–water partition coefficient (Wildman–Crippen LogP) is 2.51. The van der Waals surface area contributed by atoms with E-state index >= 15 is 0 Å². The summed E-state index contributed by atoms with van der Waals surface area (Å²) < 4.78 is 5.38. The monoisotopic (exact) mass is 308 g/mol. The van der Waals surface area contributed by atoms with Crippen LogP contribution in [0.1, 0.15) is 32.7 Å². The molecule has 2 aromatic rings. The smallest absolute Gasteiger partial charge is 0.323 e. The van der Waals surface area contributed by atoms with Gasteiger partial charge < -0.3 is 15.4 Å². The Labute approximate surface area is 128 Å². The van der Waals surface area contributed by atoms with Gasteiger partial charge >= 0.3 is 6.01 Å². The highest BCUT2D eigenvalue weighted by atomic mass is 32.1. The van der Waals surface area contributed by atoms with Crippen LogP contribution in [-0.2, 0) is 5.54 Å². The number of aromatic nitrogens is 4. The number of hydrogen-bond acceptors (Lipinski definition) is 8. The van der Waals surface area contributed by atoms with E-state index in [-0.39, 0.29) is 5.54 Å². The standard InChI is InChI=1S/C13H20N6OS/c1-5-14-10-16-11(18-12(17-10)20-6-2)19-13(3,4)9-15-7-8-21-9/h7-8H,5-6H2,1-4H3,(H2,14,16,17,18,19). The van der Waals surface area contributed by atoms with E-state index in [9.17, 15) is 0 Å². The van der Waals surface area contributed by atoms with E-state index in [1.807, 2.05) is 33.1 Å². The zero-order valence-electron chi connectivity index (χ0n) is 12.7. The van der Waals surface area contributed by atoms with Crippen molar-refractivity contribution >= 4 is 23.2 Å². The Balaban J connectivity index is 2.25. The van der Waals surface area contributed by atoms with E-state index in [1.165, 1.54) is 0 Å². The molecule has 0 aromatic carbocycles. The van der Waals surface area contributed by atoms with E-state index in [0.29, 0.717) is 24.5 Å². The molecule has 114 valence electrons. The summed E-state index contributed by atoms with van der Waals surface area (Å²) >= 11 is 1.59. The number of nitrogens with zero attached hydrogens (tertiary/aromatic N) is 4. The predicted molar refractivity (Wildman–Crippen MR) is 83.9 cm³/mol. The largest absolute Gasteiger partial charge is 0.464 e. The molecule has 0 fully saturated rings. The van der Waals surface area contributed by atoms with Gasteiger partial charge in [-0.15, -0.1) is 11.3 Å². The molecule has 2 heterocycles. The molecule has 0 bridgehead atoms. The second-order valence-electron chi connectivity index (χ2n) is 4.82. The minimum atomic E-state index is -0.373. The first-order chi connectivity index (χ1) is 10.0. The summed E-state index contributed by atoms with van der Waals surface area (Å²) in [5, 5.41) is 9.27. The van der Waals surface area contributed by atoms with Crippen LogP contribution in [-0.4, -0.2) is 33.1 Å². The van der Waals surface area contributed by atoms with Crippen LogP contribution in [0.3, 0.4) is 0 Å². The number of nitrogens with one attached hydrogen (secondary N) is 2. The van der Waals surface area contributed by atoms with Crippen LogP contribution in [0.5, 0.6) is 6.01 Å². The Hall–Kier alpha value is -1.96. The summed E-state index contributed by atoms with van der Waals surface area (Å²) in [5.41, 5.74) is -0.373. The maximum absolute atomic E-state index is 5.38. The number of ether oxygens (including phenoxy) is 1. The number of thiazole rings is 1. The molecule has 0 radical (unpaired) electrons. The highest BCUT2D eigenvalue weighted by molar-refractivity contribution is 7.09. The molecule has 21 heavy (non-hydrogen) atoms. The van der Waals surface area contributed by atoms with E-state index in [0.717, 1.165) is 11.6 Å². The van der Waals surface area contributed by atoms with Gasteiger partial charge in [0.25, 0.3) is 0 Å². The average Bonchev–Trinajstić information content (AvgIpc) is 2.93. The molecule has 2 N–H and O–H groups in total. The van der Waals surface area contributed by atoms with Crippen molar-refractivity contribution in [2.75, 3.05) is 23.8 Å². The molecule has 7 nitrogen and oxygen atoms in total. The molecular weight excluding hydrogens is 288 g/mol. The van der Waals surface area contributed by atoms with Gasteiger partial charge in [-0.2, -0.15) is 15.0 Å². The van der Waals surface area contributed by atoms with Crippen molar-refractivity contribution in [3.63, 3.8) is 0 Å². The number of rotatable bonds is 7. The molecule has 0 unspecified atom stereocenters. The second-order valence-corrected chi connectivity index (χ2v) is 5.71. The van der Waals surface area contributed by atoms with Gasteiger partial charge in [-0.25, -0.2) is 4.98 Å². The van der Waals surface area contributed by atoms with E-state index in [2.05, 4.69) is 30.6 Å². The third-order valence-corrected chi connectivity index (χ3v) is 3.71. The summed E-state index contributed by atoms with van der Waals surface area (Å²) in [4.78, 5) is 17.2. The molecule has 2 aromatic heterocycles. The number of anilines is 2.